The molecule has 0 aromatic heterocycles. The third-order valence-corrected chi connectivity index (χ3v) is 3.96. The zero-order valence-electron chi connectivity index (χ0n) is 11.8. The molecule has 0 aliphatic carbocycles. The van der Waals surface area contributed by atoms with Crippen LogP contribution in [0.4, 0.5) is 13.2 Å². The van der Waals surface area contributed by atoms with Gasteiger partial charge in [0.1, 0.15) is 11.9 Å². The minimum Gasteiger partial charge on any atom is -0.489 e. The molecule has 1 aromatic rings. The molecule has 1 aliphatic rings. The van der Waals surface area contributed by atoms with Gasteiger partial charge in [0.15, 0.2) is 0 Å². The topological polar surface area (TPSA) is 21.3 Å². The standard InChI is InChI=1S/C15H19ClF3NO/c1-2-3-13(10-6-7-20-9-10)21-14-5-4-11(16)8-12(14)15(17,18)19/h4-5,8,10,13,20H,2-3,6-7,9H2,1H3/t10?,13-/m1/s1. The molecule has 6 heteroatoms. The summed E-state index contributed by atoms with van der Waals surface area (Å²) in [5.74, 6) is 0.124. The van der Waals surface area contributed by atoms with Crippen LogP contribution in [-0.4, -0.2) is 19.2 Å². The first-order valence-electron chi connectivity index (χ1n) is 7.16. The second kappa shape index (κ2) is 6.88. The highest BCUT2D eigenvalue weighted by Gasteiger charge is 2.36. The van der Waals surface area contributed by atoms with Gasteiger partial charge in [-0.15, -0.1) is 0 Å². The van der Waals surface area contributed by atoms with Gasteiger partial charge in [-0.1, -0.05) is 24.9 Å². The molecular formula is C15H19ClF3NO. The summed E-state index contributed by atoms with van der Waals surface area (Å²) in [5, 5.41) is 3.29. The van der Waals surface area contributed by atoms with Crippen LogP contribution in [-0.2, 0) is 6.18 Å². The first-order chi connectivity index (χ1) is 9.91. The Morgan fingerprint density at radius 1 is 1.43 bits per heavy atom. The van der Waals surface area contributed by atoms with Crippen molar-refractivity contribution in [2.45, 2.75) is 38.5 Å². The van der Waals surface area contributed by atoms with Crippen LogP contribution >= 0.6 is 11.6 Å². The Labute approximate surface area is 127 Å². The average molecular weight is 322 g/mol. The molecule has 118 valence electrons. The Morgan fingerprint density at radius 2 is 2.19 bits per heavy atom. The number of benzene rings is 1. The Hall–Kier alpha value is -0.940. The number of hydrogen-bond donors (Lipinski definition) is 1. The summed E-state index contributed by atoms with van der Waals surface area (Å²) in [6, 6.07) is 3.67. The van der Waals surface area contributed by atoms with Gasteiger partial charge >= 0.3 is 6.18 Å². The maximum Gasteiger partial charge on any atom is 0.420 e. The summed E-state index contributed by atoms with van der Waals surface area (Å²) in [4.78, 5) is 0. The van der Waals surface area contributed by atoms with Gasteiger partial charge in [-0.05, 0) is 37.6 Å². The molecule has 0 spiro atoms. The maximum atomic E-state index is 13.1. The predicted octanol–water partition coefficient (Wildman–Crippen LogP) is 4.52. The van der Waals surface area contributed by atoms with E-state index in [-0.39, 0.29) is 22.8 Å². The zero-order chi connectivity index (χ0) is 15.5. The fourth-order valence-corrected chi connectivity index (χ4v) is 2.83. The Morgan fingerprint density at radius 3 is 2.76 bits per heavy atom. The number of nitrogens with one attached hydrogen (secondary N) is 1. The third-order valence-electron chi connectivity index (χ3n) is 3.72. The molecule has 0 radical (unpaired) electrons. The Balaban J connectivity index is 2.23. The van der Waals surface area contributed by atoms with Crippen molar-refractivity contribution in [3.05, 3.63) is 28.8 Å². The summed E-state index contributed by atoms with van der Waals surface area (Å²) in [5.41, 5.74) is -0.804. The van der Waals surface area contributed by atoms with Crippen molar-refractivity contribution in [2.75, 3.05) is 13.1 Å². The van der Waals surface area contributed by atoms with Crippen molar-refractivity contribution in [1.82, 2.24) is 5.32 Å². The normalized spacial score (nSPS) is 20.5. The molecule has 1 saturated heterocycles. The van der Waals surface area contributed by atoms with E-state index in [0.717, 1.165) is 38.4 Å². The fourth-order valence-electron chi connectivity index (χ4n) is 2.66. The lowest BCUT2D eigenvalue weighted by molar-refractivity contribution is -0.139. The van der Waals surface area contributed by atoms with E-state index in [9.17, 15) is 13.2 Å². The molecule has 2 atom stereocenters. The van der Waals surface area contributed by atoms with Gasteiger partial charge in [-0.2, -0.15) is 13.2 Å². The number of halogens is 4. The van der Waals surface area contributed by atoms with Crippen LogP contribution < -0.4 is 10.1 Å². The van der Waals surface area contributed by atoms with E-state index in [2.05, 4.69) is 5.32 Å². The highest BCUT2D eigenvalue weighted by atomic mass is 35.5. The molecule has 1 N–H and O–H groups in total. The van der Waals surface area contributed by atoms with E-state index in [0.29, 0.717) is 0 Å². The van der Waals surface area contributed by atoms with Crippen LogP contribution in [0, 0.1) is 5.92 Å². The van der Waals surface area contributed by atoms with Crippen molar-refractivity contribution in [3.63, 3.8) is 0 Å². The lowest BCUT2D eigenvalue weighted by atomic mass is 9.97. The number of alkyl halides is 3. The Bertz CT molecular complexity index is 472. The fraction of sp³-hybridized carbons (Fsp3) is 0.600. The van der Waals surface area contributed by atoms with Gasteiger partial charge in [-0.25, -0.2) is 0 Å². The van der Waals surface area contributed by atoms with E-state index in [1.54, 1.807) is 0 Å². The molecule has 1 unspecified atom stereocenters. The zero-order valence-corrected chi connectivity index (χ0v) is 12.6. The number of hydrogen-bond acceptors (Lipinski definition) is 2. The second-order valence-corrected chi connectivity index (χ2v) is 5.77. The summed E-state index contributed by atoms with van der Waals surface area (Å²) < 4.78 is 45.0. The molecule has 2 nitrogen and oxygen atoms in total. The van der Waals surface area contributed by atoms with Crippen molar-refractivity contribution in [2.24, 2.45) is 5.92 Å². The maximum absolute atomic E-state index is 13.1. The van der Waals surface area contributed by atoms with Crippen molar-refractivity contribution in [1.29, 1.82) is 0 Å². The van der Waals surface area contributed by atoms with Crippen LogP contribution in [0.5, 0.6) is 5.75 Å². The van der Waals surface area contributed by atoms with Crippen LogP contribution in [0.25, 0.3) is 0 Å². The molecule has 2 rings (SSSR count). The summed E-state index contributed by atoms with van der Waals surface area (Å²) in [6.45, 7) is 3.69. The van der Waals surface area contributed by atoms with Crippen molar-refractivity contribution < 1.29 is 17.9 Å². The smallest absolute Gasteiger partial charge is 0.420 e. The molecule has 1 heterocycles. The number of ether oxygens (including phenoxy) is 1. The van der Waals surface area contributed by atoms with Gasteiger partial charge in [0.2, 0.25) is 0 Å². The predicted molar refractivity (Wildman–Crippen MR) is 76.8 cm³/mol. The highest BCUT2D eigenvalue weighted by Crippen LogP contribution is 2.39. The highest BCUT2D eigenvalue weighted by molar-refractivity contribution is 6.30. The lowest BCUT2D eigenvalue weighted by Gasteiger charge is -2.26. The molecule has 0 bridgehead atoms. The first-order valence-corrected chi connectivity index (χ1v) is 7.53. The van der Waals surface area contributed by atoms with Crippen LogP contribution in [0.3, 0.4) is 0 Å². The second-order valence-electron chi connectivity index (χ2n) is 5.34. The quantitative estimate of drug-likeness (QED) is 0.861. The van der Waals surface area contributed by atoms with Gasteiger partial charge in [0.25, 0.3) is 0 Å². The van der Waals surface area contributed by atoms with Crippen LogP contribution in [0.15, 0.2) is 18.2 Å². The first kappa shape index (κ1) is 16.4. The number of rotatable bonds is 5. The monoisotopic (exact) mass is 321 g/mol. The molecule has 1 fully saturated rings. The summed E-state index contributed by atoms with van der Waals surface area (Å²) in [6.07, 6.45) is -2.13. The molecule has 1 aliphatic heterocycles. The Kier molecular flexibility index (Phi) is 5.38. The van der Waals surface area contributed by atoms with Gasteiger partial charge in [0, 0.05) is 17.5 Å². The van der Waals surface area contributed by atoms with Gasteiger partial charge in [0.05, 0.1) is 5.56 Å². The van der Waals surface area contributed by atoms with Crippen LogP contribution in [0.1, 0.15) is 31.7 Å². The lowest BCUT2D eigenvalue weighted by Crippen LogP contribution is -2.29. The average Bonchev–Trinajstić information content (AvgIpc) is 2.93. The largest absolute Gasteiger partial charge is 0.489 e. The van der Waals surface area contributed by atoms with Crippen molar-refractivity contribution >= 4 is 11.6 Å². The van der Waals surface area contributed by atoms with E-state index in [4.69, 9.17) is 16.3 Å². The molecule has 1 aromatic carbocycles. The van der Waals surface area contributed by atoms with Gasteiger partial charge < -0.3 is 10.1 Å². The SMILES string of the molecule is CCC[C@@H](Oc1ccc(Cl)cc1C(F)(F)F)C1CCNC1. The van der Waals surface area contributed by atoms with E-state index < -0.39 is 11.7 Å². The molecule has 0 amide bonds. The van der Waals surface area contributed by atoms with Gasteiger partial charge in [-0.3, -0.25) is 0 Å². The minimum atomic E-state index is -4.47. The summed E-state index contributed by atoms with van der Waals surface area (Å²) >= 11 is 5.68. The molecule has 0 saturated carbocycles. The van der Waals surface area contributed by atoms with E-state index >= 15 is 0 Å². The molecule has 21 heavy (non-hydrogen) atoms. The molecular weight excluding hydrogens is 303 g/mol. The van der Waals surface area contributed by atoms with E-state index in [1.165, 1.54) is 12.1 Å². The minimum absolute atomic E-state index is 0.0595. The van der Waals surface area contributed by atoms with Crippen LogP contribution in [0.2, 0.25) is 5.02 Å². The third kappa shape index (κ3) is 4.27. The van der Waals surface area contributed by atoms with E-state index in [1.807, 2.05) is 6.92 Å². The summed E-state index contributed by atoms with van der Waals surface area (Å²) in [7, 11) is 0. The van der Waals surface area contributed by atoms with Crippen molar-refractivity contribution in [3.8, 4) is 5.75 Å².